The van der Waals surface area contributed by atoms with E-state index in [1.54, 1.807) is 17.2 Å². The van der Waals surface area contributed by atoms with Gasteiger partial charge < -0.3 is 19.1 Å². The van der Waals surface area contributed by atoms with Crippen LogP contribution in [-0.4, -0.2) is 66.8 Å². The highest BCUT2D eigenvalue weighted by Gasteiger charge is 2.32. The number of anilines is 1. The van der Waals surface area contributed by atoms with E-state index in [0.717, 1.165) is 5.69 Å². The highest BCUT2D eigenvalue weighted by Crippen LogP contribution is 2.38. The summed E-state index contributed by atoms with van der Waals surface area (Å²) in [6.07, 6.45) is 5.68. The molecule has 1 aliphatic rings. The maximum atomic E-state index is 14.9. The first-order valence-corrected chi connectivity index (χ1v) is 12.3. The second-order valence-corrected chi connectivity index (χ2v) is 10.4. The molecule has 9 nitrogen and oxygen atoms in total. The molecule has 1 aliphatic heterocycles. The Morgan fingerprint density at radius 3 is 2.62 bits per heavy atom. The van der Waals surface area contributed by atoms with Crippen LogP contribution in [0.2, 0.25) is 5.02 Å². The Morgan fingerprint density at radius 1 is 1.14 bits per heavy atom. The predicted octanol–water partition coefficient (Wildman–Crippen LogP) is 5.12. The molecule has 1 saturated heterocycles. The zero-order valence-corrected chi connectivity index (χ0v) is 21.8. The van der Waals surface area contributed by atoms with Gasteiger partial charge in [0.05, 0.1) is 5.39 Å². The van der Waals surface area contributed by atoms with Gasteiger partial charge in [-0.3, -0.25) is 0 Å². The van der Waals surface area contributed by atoms with Gasteiger partial charge in [-0.05, 0) is 45.9 Å². The fourth-order valence-corrected chi connectivity index (χ4v) is 4.72. The first-order chi connectivity index (χ1) is 17.6. The molecular formula is C26H27ClFN7O2. The number of hydrogen-bond acceptors (Lipinski definition) is 7. The molecule has 5 rings (SSSR count). The second-order valence-electron chi connectivity index (χ2n) is 9.95. The Labute approximate surface area is 218 Å². The van der Waals surface area contributed by atoms with E-state index in [9.17, 15) is 9.18 Å². The summed E-state index contributed by atoms with van der Waals surface area (Å²) in [5, 5.41) is 1.20. The van der Waals surface area contributed by atoms with Gasteiger partial charge in [-0.2, -0.15) is 4.39 Å². The van der Waals surface area contributed by atoms with E-state index >= 15 is 0 Å². The molecule has 4 aromatic rings. The summed E-state index contributed by atoms with van der Waals surface area (Å²) in [4.78, 5) is 33.7. The van der Waals surface area contributed by atoms with Crippen LogP contribution in [0.25, 0.3) is 28.0 Å². The molecule has 1 aromatic carbocycles. The topological polar surface area (TPSA) is 89.3 Å². The summed E-state index contributed by atoms with van der Waals surface area (Å²) in [7, 11) is 0. The van der Waals surface area contributed by atoms with Crippen molar-refractivity contribution in [2.45, 2.75) is 39.3 Å². The van der Waals surface area contributed by atoms with Crippen molar-refractivity contribution >= 4 is 34.5 Å². The SMILES string of the molecule is C[C@H]1CN(C(=O)OC(C)(C)C)CCN1c1ncnc2c1c(-c1nccnc1F)cn2-c1cccc(Cl)c1. The third-order valence-corrected chi connectivity index (χ3v) is 6.34. The molecule has 37 heavy (non-hydrogen) atoms. The molecule has 0 radical (unpaired) electrons. The number of hydrogen-bond donors (Lipinski definition) is 0. The van der Waals surface area contributed by atoms with E-state index in [0.29, 0.717) is 47.1 Å². The van der Waals surface area contributed by atoms with Crippen molar-refractivity contribution in [1.82, 2.24) is 29.4 Å². The van der Waals surface area contributed by atoms with E-state index in [2.05, 4.69) is 24.8 Å². The van der Waals surface area contributed by atoms with Gasteiger partial charge in [0.2, 0.25) is 5.95 Å². The van der Waals surface area contributed by atoms with Gasteiger partial charge in [0, 0.05) is 60.5 Å². The lowest BCUT2D eigenvalue weighted by Gasteiger charge is -2.41. The molecule has 0 N–H and O–H groups in total. The summed E-state index contributed by atoms with van der Waals surface area (Å²) >= 11 is 6.27. The highest BCUT2D eigenvalue weighted by molar-refractivity contribution is 6.30. The number of nitrogens with zero attached hydrogens (tertiary/aromatic N) is 7. The van der Waals surface area contributed by atoms with Gasteiger partial charge in [-0.1, -0.05) is 17.7 Å². The zero-order chi connectivity index (χ0) is 26.3. The van der Waals surface area contributed by atoms with E-state index in [-0.39, 0.29) is 17.8 Å². The molecule has 4 heterocycles. The van der Waals surface area contributed by atoms with Gasteiger partial charge in [0.1, 0.15) is 23.4 Å². The van der Waals surface area contributed by atoms with Crippen molar-refractivity contribution in [3.05, 3.63) is 60.2 Å². The van der Waals surface area contributed by atoms with Crippen LogP contribution in [0.1, 0.15) is 27.7 Å². The summed E-state index contributed by atoms with van der Waals surface area (Å²) in [5.74, 6) is -0.0626. The van der Waals surface area contributed by atoms with Gasteiger partial charge in [0.15, 0.2) is 5.65 Å². The fourth-order valence-electron chi connectivity index (χ4n) is 4.53. The number of rotatable bonds is 3. The second kappa shape index (κ2) is 9.59. The molecule has 192 valence electrons. The Balaban J connectivity index is 1.61. The molecule has 11 heteroatoms. The number of aromatic nitrogens is 5. The predicted molar refractivity (Wildman–Crippen MR) is 139 cm³/mol. The first-order valence-electron chi connectivity index (χ1n) is 12.0. The number of fused-ring (bicyclic) bond motifs is 1. The highest BCUT2D eigenvalue weighted by atomic mass is 35.5. The molecule has 0 aliphatic carbocycles. The van der Waals surface area contributed by atoms with Crippen LogP contribution in [0.3, 0.4) is 0 Å². The van der Waals surface area contributed by atoms with Crippen LogP contribution in [0.15, 0.2) is 49.2 Å². The maximum Gasteiger partial charge on any atom is 0.410 e. The Kier molecular flexibility index (Phi) is 6.45. The van der Waals surface area contributed by atoms with Crippen LogP contribution in [0.4, 0.5) is 15.0 Å². The van der Waals surface area contributed by atoms with Gasteiger partial charge in [0.25, 0.3) is 0 Å². The quantitative estimate of drug-likeness (QED) is 0.368. The number of piperazine rings is 1. The number of carbonyl (C=O) groups is 1. The molecule has 0 spiro atoms. The lowest BCUT2D eigenvalue weighted by molar-refractivity contribution is 0.0218. The first kappa shape index (κ1) is 24.9. The lowest BCUT2D eigenvalue weighted by atomic mass is 10.1. The van der Waals surface area contributed by atoms with Crippen LogP contribution in [0, 0.1) is 5.95 Å². The number of halogens is 2. The summed E-state index contributed by atoms with van der Waals surface area (Å²) in [6, 6.07) is 7.24. The van der Waals surface area contributed by atoms with E-state index in [4.69, 9.17) is 16.3 Å². The number of ether oxygens (including phenoxy) is 1. The zero-order valence-electron chi connectivity index (χ0n) is 21.0. The number of amides is 1. The third-order valence-electron chi connectivity index (χ3n) is 6.11. The molecule has 3 aromatic heterocycles. The molecule has 1 amide bonds. The maximum absolute atomic E-state index is 14.9. The van der Waals surface area contributed by atoms with Gasteiger partial charge >= 0.3 is 6.09 Å². The van der Waals surface area contributed by atoms with Crippen LogP contribution >= 0.6 is 11.6 Å². The van der Waals surface area contributed by atoms with Crippen molar-refractivity contribution in [1.29, 1.82) is 0 Å². The average molecular weight is 524 g/mol. The molecular weight excluding hydrogens is 497 g/mol. The number of carbonyl (C=O) groups excluding carboxylic acids is 1. The summed E-state index contributed by atoms with van der Waals surface area (Å²) in [6.45, 7) is 8.97. The number of benzene rings is 1. The van der Waals surface area contributed by atoms with Gasteiger partial charge in [-0.15, -0.1) is 0 Å². The Morgan fingerprint density at radius 2 is 1.92 bits per heavy atom. The minimum Gasteiger partial charge on any atom is -0.444 e. The molecule has 0 bridgehead atoms. The van der Waals surface area contributed by atoms with E-state index in [1.807, 2.05) is 50.5 Å². The summed E-state index contributed by atoms with van der Waals surface area (Å²) < 4.78 is 22.3. The van der Waals surface area contributed by atoms with E-state index < -0.39 is 11.5 Å². The normalized spacial score (nSPS) is 16.3. The summed E-state index contributed by atoms with van der Waals surface area (Å²) in [5.41, 5.74) is 1.38. The van der Waals surface area contributed by atoms with Crippen LogP contribution in [0.5, 0.6) is 0 Å². The monoisotopic (exact) mass is 523 g/mol. The smallest absolute Gasteiger partial charge is 0.410 e. The fraction of sp³-hybridized carbons (Fsp3) is 0.346. The van der Waals surface area contributed by atoms with Gasteiger partial charge in [-0.25, -0.2) is 24.7 Å². The molecule has 1 atom stereocenters. The van der Waals surface area contributed by atoms with Crippen molar-refractivity contribution in [2.75, 3.05) is 24.5 Å². The standard InChI is InChI=1S/C26H27ClFN7O2/c1-16-13-33(25(36)37-26(2,3)4)10-11-34(16)23-20-19(21-22(28)30-9-8-29-21)14-35(24(20)32-15-31-23)18-7-5-6-17(27)12-18/h5-9,12,14-16H,10-11,13H2,1-4H3/t16-/m0/s1. The minimum atomic E-state index is -0.690. The molecule has 0 saturated carbocycles. The third kappa shape index (κ3) is 4.93. The van der Waals surface area contributed by atoms with Crippen LogP contribution in [-0.2, 0) is 4.74 Å². The largest absolute Gasteiger partial charge is 0.444 e. The lowest BCUT2D eigenvalue weighted by Crippen LogP contribution is -2.54. The van der Waals surface area contributed by atoms with Crippen LogP contribution < -0.4 is 4.90 Å². The molecule has 1 fully saturated rings. The van der Waals surface area contributed by atoms with Crippen molar-refractivity contribution in [2.24, 2.45) is 0 Å². The Hall–Kier alpha value is -3.79. The molecule has 0 unspecified atom stereocenters. The minimum absolute atomic E-state index is 0.0894. The van der Waals surface area contributed by atoms with Crippen molar-refractivity contribution in [3.8, 4) is 16.9 Å². The van der Waals surface area contributed by atoms with Crippen molar-refractivity contribution < 1.29 is 13.9 Å². The average Bonchev–Trinajstić information content (AvgIpc) is 3.23. The van der Waals surface area contributed by atoms with Crippen molar-refractivity contribution in [3.63, 3.8) is 0 Å². The Bertz CT molecular complexity index is 1470. The van der Waals surface area contributed by atoms with E-state index in [1.165, 1.54) is 18.7 Å².